The largest absolute Gasteiger partial charge is 0.461 e. The summed E-state index contributed by atoms with van der Waals surface area (Å²) < 4.78 is 17.2. The second-order valence-electron chi connectivity index (χ2n) is 2.91. The zero-order valence-electron chi connectivity index (χ0n) is 9.11. The molecule has 0 heterocycles. The molecule has 0 radical (unpaired) electrons. The van der Waals surface area contributed by atoms with Crippen molar-refractivity contribution in [2.24, 2.45) is 5.10 Å². The molecular formula is C11H10FN3O2. The molecule has 0 amide bonds. The highest BCUT2D eigenvalue weighted by Gasteiger charge is 2.11. The van der Waals surface area contributed by atoms with Crippen LogP contribution in [0.4, 0.5) is 10.1 Å². The molecule has 0 spiro atoms. The first-order valence-electron chi connectivity index (χ1n) is 4.84. The Morgan fingerprint density at radius 3 is 2.71 bits per heavy atom. The van der Waals surface area contributed by atoms with E-state index in [4.69, 9.17) is 5.26 Å². The number of rotatable bonds is 4. The van der Waals surface area contributed by atoms with Gasteiger partial charge in [0.05, 0.1) is 12.3 Å². The van der Waals surface area contributed by atoms with E-state index in [0.29, 0.717) is 5.69 Å². The Balaban J connectivity index is 2.71. The zero-order chi connectivity index (χ0) is 12.7. The molecule has 0 aliphatic carbocycles. The molecule has 6 heteroatoms. The summed E-state index contributed by atoms with van der Waals surface area (Å²) in [6.45, 7) is 1.79. The van der Waals surface area contributed by atoms with Crippen LogP contribution in [0.2, 0.25) is 0 Å². The van der Waals surface area contributed by atoms with Gasteiger partial charge in [0, 0.05) is 0 Å². The molecule has 0 fully saturated rings. The number of esters is 1. The first-order valence-corrected chi connectivity index (χ1v) is 4.84. The maximum atomic E-state index is 12.6. The predicted octanol–water partition coefficient (Wildman–Crippen LogP) is 1.68. The van der Waals surface area contributed by atoms with Gasteiger partial charge in [-0.15, -0.1) is 0 Å². The van der Waals surface area contributed by atoms with Gasteiger partial charge in [-0.1, -0.05) is 0 Å². The minimum Gasteiger partial charge on any atom is -0.461 e. The lowest BCUT2D eigenvalue weighted by atomic mass is 10.3. The van der Waals surface area contributed by atoms with Crippen LogP contribution in [-0.2, 0) is 9.53 Å². The highest BCUT2D eigenvalue weighted by Crippen LogP contribution is 2.07. The Morgan fingerprint density at radius 2 is 2.18 bits per heavy atom. The Morgan fingerprint density at radius 1 is 1.53 bits per heavy atom. The van der Waals surface area contributed by atoms with Crippen LogP contribution in [-0.4, -0.2) is 18.3 Å². The number of halogens is 1. The maximum absolute atomic E-state index is 12.6. The highest BCUT2D eigenvalue weighted by atomic mass is 19.1. The Labute approximate surface area is 97.5 Å². The number of ether oxygens (including phenoxy) is 1. The number of nitrogens with one attached hydrogen (secondary N) is 1. The van der Waals surface area contributed by atoms with Gasteiger partial charge in [0.25, 0.3) is 0 Å². The summed E-state index contributed by atoms with van der Waals surface area (Å²) in [6, 6.07) is 6.93. The van der Waals surface area contributed by atoms with E-state index in [0.717, 1.165) is 0 Å². The van der Waals surface area contributed by atoms with Crippen molar-refractivity contribution >= 4 is 17.4 Å². The van der Waals surface area contributed by atoms with Crippen LogP contribution in [0.15, 0.2) is 29.4 Å². The molecule has 1 rings (SSSR count). The predicted molar refractivity (Wildman–Crippen MR) is 59.7 cm³/mol. The standard InChI is InChI=1S/C11H10FN3O2/c1-2-17-11(16)10(7-13)15-14-9-5-3-8(12)4-6-9/h3-6,14H,2H2,1H3/b15-10-. The lowest BCUT2D eigenvalue weighted by Gasteiger charge is -2.01. The summed E-state index contributed by atoms with van der Waals surface area (Å²) in [5, 5.41) is 12.2. The molecular weight excluding hydrogens is 225 g/mol. The minimum absolute atomic E-state index is 0.163. The van der Waals surface area contributed by atoms with Crippen LogP contribution in [0.5, 0.6) is 0 Å². The van der Waals surface area contributed by atoms with Crippen molar-refractivity contribution in [1.29, 1.82) is 5.26 Å². The lowest BCUT2D eigenvalue weighted by molar-refractivity contribution is -0.134. The van der Waals surface area contributed by atoms with E-state index < -0.39 is 11.7 Å². The molecule has 1 aromatic rings. The third kappa shape index (κ3) is 3.91. The van der Waals surface area contributed by atoms with Gasteiger partial charge in [-0.2, -0.15) is 10.4 Å². The van der Waals surface area contributed by atoms with Gasteiger partial charge in [-0.05, 0) is 31.2 Å². The fourth-order valence-corrected chi connectivity index (χ4v) is 0.961. The van der Waals surface area contributed by atoms with E-state index in [1.807, 2.05) is 0 Å². The van der Waals surface area contributed by atoms with Crippen molar-refractivity contribution < 1.29 is 13.9 Å². The van der Waals surface area contributed by atoms with Crippen molar-refractivity contribution in [1.82, 2.24) is 0 Å². The summed E-state index contributed by atoms with van der Waals surface area (Å²) in [7, 11) is 0. The van der Waals surface area contributed by atoms with Crippen LogP contribution < -0.4 is 5.43 Å². The molecule has 0 aromatic heterocycles. The van der Waals surface area contributed by atoms with Crippen LogP contribution in [0.1, 0.15) is 6.92 Å². The van der Waals surface area contributed by atoms with Crippen molar-refractivity contribution in [3.63, 3.8) is 0 Å². The summed E-state index contributed by atoms with van der Waals surface area (Å²) in [6.07, 6.45) is 0. The number of anilines is 1. The van der Waals surface area contributed by atoms with Crippen molar-refractivity contribution in [2.75, 3.05) is 12.0 Å². The van der Waals surface area contributed by atoms with Crippen molar-refractivity contribution in [3.8, 4) is 6.07 Å². The number of nitriles is 1. The fourth-order valence-electron chi connectivity index (χ4n) is 0.961. The number of hydrogen-bond donors (Lipinski definition) is 1. The maximum Gasteiger partial charge on any atom is 0.369 e. The van der Waals surface area contributed by atoms with Gasteiger partial charge in [-0.3, -0.25) is 5.43 Å². The average molecular weight is 235 g/mol. The SMILES string of the molecule is CCOC(=O)/C(C#N)=N\Nc1ccc(F)cc1. The molecule has 17 heavy (non-hydrogen) atoms. The van der Waals surface area contributed by atoms with Crippen LogP contribution in [0.3, 0.4) is 0 Å². The van der Waals surface area contributed by atoms with Gasteiger partial charge >= 0.3 is 5.97 Å². The summed E-state index contributed by atoms with van der Waals surface area (Å²) in [4.78, 5) is 11.2. The molecule has 0 saturated heterocycles. The number of hydrogen-bond acceptors (Lipinski definition) is 5. The summed E-state index contributed by atoms with van der Waals surface area (Å²) in [5.74, 6) is -1.19. The molecule has 0 unspecified atom stereocenters. The van der Waals surface area contributed by atoms with Crippen LogP contribution >= 0.6 is 0 Å². The number of hydrazone groups is 1. The third-order valence-corrected chi connectivity index (χ3v) is 1.72. The third-order valence-electron chi connectivity index (χ3n) is 1.72. The molecule has 0 aliphatic rings. The summed E-state index contributed by atoms with van der Waals surface area (Å²) >= 11 is 0. The van der Waals surface area contributed by atoms with Crippen molar-refractivity contribution in [2.45, 2.75) is 6.92 Å². The van der Waals surface area contributed by atoms with Crippen molar-refractivity contribution in [3.05, 3.63) is 30.1 Å². The Kier molecular flexibility index (Phi) is 4.63. The topological polar surface area (TPSA) is 74.5 Å². The van der Waals surface area contributed by atoms with Gasteiger partial charge in [0.15, 0.2) is 0 Å². The van der Waals surface area contributed by atoms with E-state index >= 15 is 0 Å². The second-order valence-corrected chi connectivity index (χ2v) is 2.91. The van der Waals surface area contributed by atoms with Gasteiger partial charge < -0.3 is 4.74 Å². The lowest BCUT2D eigenvalue weighted by Crippen LogP contribution is -2.17. The molecule has 5 nitrogen and oxygen atoms in total. The van der Waals surface area contributed by atoms with Crippen LogP contribution in [0.25, 0.3) is 0 Å². The van der Waals surface area contributed by atoms with Gasteiger partial charge in [0.2, 0.25) is 5.71 Å². The van der Waals surface area contributed by atoms with Gasteiger partial charge in [-0.25, -0.2) is 9.18 Å². The van der Waals surface area contributed by atoms with E-state index in [9.17, 15) is 9.18 Å². The van der Waals surface area contributed by atoms with E-state index in [-0.39, 0.29) is 12.4 Å². The van der Waals surface area contributed by atoms with E-state index in [1.54, 1.807) is 13.0 Å². The molecule has 0 aliphatic heterocycles. The van der Waals surface area contributed by atoms with Gasteiger partial charge in [0.1, 0.15) is 11.9 Å². The average Bonchev–Trinajstić information content (AvgIpc) is 2.32. The highest BCUT2D eigenvalue weighted by molar-refractivity contribution is 6.43. The van der Waals surface area contributed by atoms with Crippen LogP contribution in [0, 0.1) is 17.1 Å². The normalized spacial score (nSPS) is 10.5. The molecule has 0 bridgehead atoms. The quantitative estimate of drug-likeness (QED) is 0.489. The minimum atomic E-state index is -0.801. The number of benzene rings is 1. The first-order chi connectivity index (χ1) is 8.17. The smallest absolute Gasteiger partial charge is 0.369 e. The fraction of sp³-hybridized carbons (Fsp3) is 0.182. The second kappa shape index (κ2) is 6.23. The molecule has 1 N–H and O–H groups in total. The molecule has 88 valence electrons. The number of carbonyl (C=O) groups is 1. The molecule has 1 aromatic carbocycles. The summed E-state index contributed by atoms with van der Waals surface area (Å²) in [5.41, 5.74) is 2.53. The monoisotopic (exact) mass is 235 g/mol. The van der Waals surface area contributed by atoms with E-state index in [2.05, 4.69) is 15.3 Å². The zero-order valence-corrected chi connectivity index (χ0v) is 9.11. The Hall–Kier alpha value is -2.42. The molecule has 0 atom stereocenters. The number of carbonyl (C=O) groups excluding carboxylic acids is 1. The Bertz CT molecular complexity index is 463. The first kappa shape index (κ1) is 12.6. The molecule has 0 saturated carbocycles. The van der Waals surface area contributed by atoms with E-state index in [1.165, 1.54) is 24.3 Å². The number of nitrogens with zero attached hydrogens (tertiary/aromatic N) is 2.